The summed E-state index contributed by atoms with van der Waals surface area (Å²) in [6.45, 7) is 1.79. The molecule has 0 unspecified atom stereocenters. The van der Waals surface area contributed by atoms with Crippen LogP contribution in [-0.2, 0) is 7.05 Å². The fourth-order valence-corrected chi connectivity index (χ4v) is 2.71. The molecule has 0 radical (unpaired) electrons. The molecule has 1 N–H and O–H groups in total. The van der Waals surface area contributed by atoms with Crippen molar-refractivity contribution in [1.29, 1.82) is 0 Å². The molecule has 3 aromatic rings. The zero-order chi connectivity index (χ0) is 18.7. The van der Waals surface area contributed by atoms with Gasteiger partial charge in [0.2, 0.25) is 0 Å². The Labute approximate surface area is 151 Å². The van der Waals surface area contributed by atoms with Crippen molar-refractivity contribution in [2.75, 3.05) is 14.2 Å². The predicted molar refractivity (Wildman–Crippen MR) is 95.5 cm³/mol. The van der Waals surface area contributed by atoms with E-state index in [0.717, 1.165) is 5.56 Å². The Bertz CT molecular complexity index is 891. The normalized spacial score (nSPS) is 11.8. The van der Waals surface area contributed by atoms with Gasteiger partial charge in [-0.15, -0.1) is 0 Å². The van der Waals surface area contributed by atoms with Gasteiger partial charge in [0.1, 0.15) is 29.1 Å². The standard InChI is InChI=1S/C19H21N3O4/c1-12-5-6-16(26-12)19(23)21-17(18-20-7-8-22(18)2)13-9-14(24-3)11-15(10-13)25-4/h5-11,17H,1-4H3,(H,21,23)/t17-/m1/s1. The van der Waals surface area contributed by atoms with Gasteiger partial charge >= 0.3 is 0 Å². The van der Waals surface area contributed by atoms with E-state index in [1.807, 2.05) is 29.9 Å². The van der Waals surface area contributed by atoms with Crippen LogP contribution in [0.4, 0.5) is 0 Å². The highest BCUT2D eigenvalue weighted by molar-refractivity contribution is 5.92. The molecule has 7 heteroatoms. The average Bonchev–Trinajstić information content (AvgIpc) is 3.27. The number of furan rings is 1. The first-order valence-corrected chi connectivity index (χ1v) is 8.09. The van der Waals surface area contributed by atoms with E-state index in [4.69, 9.17) is 13.9 Å². The van der Waals surface area contributed by atoms with Crippen LogP contribution in [0.5, 0.6) is 11.5 Å². The molecule has 0 spiro atoms. The van der Waals surface area contributed by atoms with Crippen LogP contribution in [0.25, 0.3) is 0 Å². The monoisotopic (exact) mass is 355 g/mol. The Kier molecular flexibility index (Phi) is 4.97. The number of imidazole rings is 1. The van der Waals surface area contributed by atoms with E-state index in [0.29, 0.717) is 23.1 Å². The summed E-state index contributed by atoms with van der Waals surface area (Å²) in [5, 5.41) is 2.98. The number of nitrogens with zero attached hydrogens (tertiary/aromatic N) is 2. The van der Waals surface area contributed by atoms with Gasteiger partial charge in [0.15, 0.2) is 5.76 Å². The minimum Gasteiger partial charge on any atom is -0.497 e. The van der Waals surface area contributed by atoms with Crippen LogP contribution in [0, 0.1) is 6.92 Å². The number of hydrogen-bond donors (Lipinski definition) is 1. The number of carbonyl (C=O) groups is 1. The maximum absolute atomic E-state index is 12.7. The van der Waals surface area contributed by atoms with Gasteiger partial charge in [-0.25, -0.2) is 4.98 Å². The van der Waals surface area contributed by atoms with Gasteiger partial charge in [-0.05, 0) is 36.8 Å². The van der Waals surface area contributed by atoms with Crippen molar-refractivity contribution in [2.24, 2.45) is 7.05 Å². The molecule has 0 aliphatic rings. The zero-order valence-corrected chi connectivity index (χ0v) is 15.1. The lowest BCUT2D eigenvalue weighted by molar-refractivity contribution is 0.0911. The van der Waals surface area contributed by atoms with Crippen LogP contribution in [0.3, 0.4) is 0 Å². The summed E-state index contributed by atoms with van der Waals surface area (Å²) in [7, 11) is 5.03. The minimum atomic E-state index is -0.503. The van der Waals surface area contributed by atoms with E-state index < -0.39 is 6.04 Å². The number of aryl methyl sites for hydroxylation is 2. The van der Waals surface area contributed by atoms with Crippen molar-refractivity contribution >= 4 is 5.91 Å². The molecule has 1 atom stereocenters. The summed E-state index contributed by atoms with van der Waals surface area (Å²) >= 11 is 0. The lowest BCUT2D eigenvalue weighted by Crippen LogP contribution is -2.31. The Balaban J connectivity index is 2.02. The first-order valence-electron chi connectivity index (χ1n) is 8.09. The molecule has 0 aliphatic carbocycles. The quantitative estimate of drug-likeness (QED) is 0.736. The molecule has 26 heavy (non-hydrogen) atoms. The SMILES string of the molecule is COc1cc(OC)cc([C@@H](NC(=O)c2ccc(C)o2)c2nccn2C)c1. The summed E-state index contributed by atoms with van der Waals surface area (Å²) in [6, 6.07) is 8.35. The Morgan fingerprint density at radius 1 is 1.19 bits per heavy atom. The maximum Gasteiger partial charge on any atom is 0.287 e. The van der Waals surface area contributed by atoms with Gasteiger partial charge in [-0.3, -0.25) is 4.79 Å². The number of amides is 1. The number of rotatable bonds is 6. The fourth-order valence-electron chi connectivity index (χ4n) is 2.71. The van der Waals surface area contributed by atoms with Gasteiger partial charge in [-0.1, -0.05) is 0 Å². The minimum absolute atomic E-state index is 0.247. The summed E-state index contributed by atoms with van der Waals surface area (Å²) in [5.41, 5.74) is 0.784. The molecule has 0 saturated carbocycles. The van der Waals surface area contributed by atoms with E-state index in [1.165, 1.54) is 0 Å². The molecule has 0 aliphatic heterocycles. The topological polar surface area (TPSA) is 78.5 Å². The molecule has 2 heterocycles. The van der Waals surface area contributed by atoms with E-state index in [9.17, 15) is 4.79 Å². The molecule has 3 rings (SSSR count). The van der Waals surface area contributed by atoms with Crippen LogP contribution in [-0.4, -0.2) is 29.7 Å². The molecule has 2 aromatic heterocycles. The highest BCUT2D eigenvalue weighted by Crippen LogP contribution is 2.29. The highest BCUT2D eigenvalue weighted by Gasteiger charge is 2.24. The molecule has 7 nitrogen and oxygen atoms in total. The Hall–Kier alpha value is -3.22. The number of benzene rings is 1. The summed E-state index contributed by atoms with van der Waals surface area (Å²) in [6.07, 6.45) is 3.51. The second kappa shape index (κ2) is 7.35. The lowest BCUT2D eigenvalue weighted by Gasteiger charge is -2.20. The third kappa shape index (κ3) is 3.56. The van der Waals surface area contributed by atoms with Crippen molar-refractivity contribution in [3.8, 4) is 11.5 Å². The number of carbonyl (C=O) groups excluding carboxylic acids is 1. The fraction of sp³-hybridized carbons (Fsp3) is 0.263. The highest BCUT2D eigenvalue weighted by atomic mass is 16.5. The molecule has 0 saturated heterocycles. The van der Waals surface area contributed by atoms with Crippen LogP contribution >= 0.6 is 0 Å². The summed E-state index contributed by atoms with van der Waals surface area (Å²) in [5.74, 6) is 2.52. The molecule has 1 amide bonds. The number of hydrogen-bond acceptors (Lipinski definition) is 5. The zero-order valence-electron chi connectivity index (χ0n) is 15.1. The second-order valence-corrected chi connectivity index (χ2v) is 5.86. The first-order chi connectivity index (χ1) is 12.5. The molecular weight excluding hydrogens is 334 g/mol. The second-order valence-electron chi connectivity index (χ2n) is 5.86. The van der Waals surface area contributed by atoms with Crippen LogP contribution in [0.1, 0.15) is 33.7 Å². The van der Waals surface area contributed by atoms with E-state index in [-0.39, 0.29) is 11.7 Å². The van der Waals surface area contributed by atoms with Gasteiger partial charge in [0.05, 0.1) is 14.2 Å². The van der Waals surface area contributed by atoms with Gasteiger partial charge in [0.25, 0.3) is 5.91 Å². The molecule has 136 valence electrons. The van der Waals surface area contributed by atoms with Gasteiger partial charge < -0.3 is 23.8 Å². The van der Waals surface area contributed by atoms with Gasteiger partial charge in [-0.2, -0.15) is 0 Å². The number of aromatic nitrogens is 2. The van der Waals surface area contributed by atoms with E-state index in [2.05, 4.69) is 10.3 Å². The smallest absolute Gasteiger partial charge is 0.287 e. The van der Waals surface area contributed by atoms with E-state index in [1.54, 1.807) is 45.5 Å². The number of nitrogens with one attached hydrogen (secondary N) is 1. The van der Waals surface area contributed by atoms with Crippen LogP contribution in [0.2, 0.25) is 0 Å². The maximum atomic E-state index is 12.7. The predicted octanol–water partition coefficient (Wildman–Crippen LogP) is 2.86. The molecule has 0 fully saturated rings. The van der Waals surface area contributed by atoms with Crippen LogP contribution < -0.4 is 14.8 Å². The molecule has 1 aromatic carbocycles. The third-order valence-electron chi connectivity index (χ3n) is 4.06. The first kappa shape index (κ1) is 17.6. The van der Waals surface area contributed by atoms with Crippen molar-refractivity contribution in [3.05, 3.63) is 65.6 Å². The van der Waals surface area contributed by atoms with Crippen LogP contribution in [0.15, 0.2) is 47.1 Å². The van der Waals surface area contributed by atoms with Crippen molar-refractivity contribution in [3.63, 3.8) is 0 Å². The summed E-state index contributed by atoms with van der Waals surface area (Å²) < 4.78 is 18.0. The van der Waals surface area contributed by atoms with Crippen molar-refractivity contribution in [1.82, 2.24) is 14.9 Å². The summed E-state index contributed by atoms with van der Waals surface area (Å²) in [4.78, 5) is 17.0. The van der Waals surface area contributed by atoms with Crippen molar-refractivity contribution in [2.45, 2.75) is 13.0 Å². The Morgan fingerprint density at radius 3 is 2.38 bits per heavy atom. The lowest BCUT2D eigenvalue weighted by atomic mass is 10.0. The largest absolute Gasteiger partial charge is 0.497 e. The van der Waals surface area contributed by atoms with Gasteiger partial charge in [0, 0.05) is 25.5 Å². The molecular formula is C19H21N3O4. The third-order valence-corrected chi connectivity index (χ3v) is 4.06. The van der Waals surface area contributed by atoms with Crippen molar-refractivity contribution < 1.29 is 18.7 Å². The molecule has 0 bridgehead atoms. The Morgan fingerprint density at radius 2 is 1.88 bits per heavy atom. The van der Waals surface area contributed by atoms with E-state index >= 15 is 0 Å². The number of methoxy groups -OCH3 is 2. The average molecular weight is 355 g/mol. The number of ether oxygens (including phenoxy) is 2.